The summed E-state index contributed by atoms with van der Waals surface area (Å²) in [4.78, 5) is 29.8. The minimum Gasteiger partial charge on any atom is -0.362 e. The molecule has 0 unspecified atom stereocenters. The molecule has 1 aromatic rings. The van der Waals surface area contributed by atoms with Crippen LogP contribution in [0.4, 0.5) is 0 Å². The monoisotopic (exact) mass is 317 g/mol. The molecule has 1 amide bonds. The summed E-state index contributed by atoms with van der Waals surface area (Å²) in [7, 11) is 0. The van der Waals surface area contributed by atoms with E-state index in [1.165, 1.54) is 6.42 Å². The van der Waals surface area contributed by atoms with Crippen molar-refractivity contribution in [1.82, 2.24) is 15.2 Å². The van der Waals surface area contributed by atoms with E-state index in [0.717, 1.165) is 55.7 Å². The highest BCUT2D eigenvalue weighted by Crippen LogP contribution is 2.26. The van der Waals surface area contributed by atoms with Crippen molar-refractivity contribution < 1.29 is 9.59 Å². The number of hydrogen-bond acceptors (Lipinski definition) is 3. The third kappa shape index (κ3) is 3.83. The molecule has 0 radical (unpaired) electrons. The second-order valence-corrected chi connectivity index (χ2v) is 7.10. The van der Waals surface area contributed by atoms with E-state index in [4.69, 9.17) is 0 Å². The molecule has 0 aromatic carbocycles. The Morgan fingerprint density at radius 1 is 1.22 bits per heavy atom. The lowest BCUT2D eigenvalue weighted by Gasteiger charge is -2.33. The maximum absolute atomic E-state index is 12.4. The van der Waals surface area contributed by atoms with Gasteiger partial charge in [0.2, 0.25) is 5.91 Å². The van der Waals surface area contributed by atoms with Crippen molar-refractivity contribution in [3.05, 3.63) is 23.0 Å². The Bertz CT molecular complexity index is 581. The van der Waals surface area contributed by atoms with Gasteiger partial charge in [0.15, 0.2) is 5.78 Å². The molecule has 3 rings (SSSR count). The molecule has 1 aliphatic carbocycles. The van der Waals surface area contributed by atoms with Gasteiger partial charge in [-0.3, -0.25) is 14.5 Å². The van der Waals surface area contributed by atoms with Crippen molar-refractivity contribution in [3.8, 4) is 0 Å². The average Bonchev–Trinajstić information content (AvgIpc) is 2.78. The van der Waals surface area contributed by atoms with Crippen molar-refractivity contribution in [2.75, 3.05) is 19.6 Å². The Balaban J connectivity index is 1.44. The van der Waals surface area contributed by atoms with E-state index in [2.05, 4.69) is 15.2 Å². The Morgan fingerprint density at radius 3 is 2.43 bits per heavy atom. The quantitative estimate of drug-likeness (QED) is 0.818. The highest BCUT2D eigenvalue weighted by Gasteiger charge is 2.28. The number of nitrogens with one attached hydrogen (secondary N) is 2. The molecule has 23 heavy (non-hydrogen) atoms. The molecule has 0 atom stereocenters. The van der Waals surface area contributed by atoms with Gasteiger partial charge in [0.25, 0.3) is 0 Å². The van der Waals surface area contributed by atoms with Gasteiger partial charge in [-0.25, -0.2) is 0 Å². The highest BCUT2D eigenvalue weighted by molar-refractivity contribution is 5.98. The molecule has 0 bridgehead atoms. The summed E-state index contributed by atoms with van der Waals surface area (Å²) < 4.78 is 0. The zero-order valence-corrected chi connectivity index (χ0v) is 14.2. The number of amides is 1. The van der Waals surface area contributed by atoms with E-state index in [1.54, 1.807) is 0 Å². The summed E-state index contributed by atoms with van der Waals surface area (Å²) in [5, 5.41) is 3.18. The van der Waals surface area contributed by atoms with Crippen LogP contribution < -0.4 is 5.32 Å². The minimum absolute atomic E-state index is 0.184. The molecule has 5 nitrogen and oxygen atoms in total. The van der Waals surface area contributed by atoms with Crippen LogP contribution in [0.2, 0.25) is 0 Å². The van der Waals surface area contributed by atoms with E-state index in [-0.39, 0.29) is 23.7 Å². The number of aromatic amines is 1. The fraction of sp³-hybridized carbons (Fsp3) is 0.667. The van der Waals surface area contributed by atoms with Crippen molar-refractivity contribution in [2.45, 2.75) is 52.0 Å². The number of ketones is 1. The predicted octanol–water partition coefficient (Wildman–Crippen LogP) is 2.19. The number of aryl methyl sites for hydroxylation is 2. The third-order valence-electron chi connectivity index (χ3n) is 5.23. The molecule has 2 N–H and O–H groups in total. The van der Waals surface area contributed by atoms with Crippen LogP contribution in [-0.4, -0.2) is 47.3 Å². The Hall–Kier alpha value is -1.62. The number of aromatic nitrogens is 1. The van der Waals surface area contributed by atoms with Gasteiger partial charge in [-0.05, 0) is 45.6 Å². The van der Waals surface area contributed by atoms with Gasteiger partial charge in [-0.15, -0.1) is 0 Å². The van der Waals surface area contributed by atoms with Crippen molar-refractivity contribution in [3.63, 3.8) is 0 Å². The number of piperidine rings is 1. The Morgan fingerprint density at radius 2 is 1.91 bits per heavy atom. The summed E-state index contributed by atoms with van der Waals surface area (Å²) in [6.07, 6.45) is 5.17. The first kappa shape index (κ1) is 16.2. The zero-order valence-electron chi connectivity index (χ0n) is 14.2. The van der Waals surface area contributed by atoms with Crippen LogP contribution in [0.5, 0.6) is 0 Å². The maximum atomic E-state index is 12.4. The summed E-state index contributed by atoms with van der Waals surface area (Å²) in [5.74, 6) is 0.683. The first-order valence-electron chi connectivity index (χ1n) is 8.75. The van der Waals surface area contributed by atoms with E-state index in [1.807, 2.05) is 19.9 Å². The first-order valence-corrected chi connectivity index (χ1v) is 8.75. The lowest BCUT2D eigenvalue weighted by atomic mass is 9.84. The van der Waals surface area contributed by atoms with Crippen LogP contribution in [0.15, 0.2) is 6.07 Å². The summed E-state index contributed by atoms with van der Waals surface area (Å²) in [6.45, 7) is 6.15. The molecule has 1 saturated heterocycles. The molecule has 0 spiro atoms. The van der Waals surface area contributed by atoms with Crippen LogP contribution in [0, 0.1) is 19.8 Å². The minimum atomic E-state index is 0.184. The topological polar surface area (TPSA) is 65.2 Å². The standard InChI is InChI=1S/C18H27N3O2/c1-12-10-16(13(2)19-12)17(22)11-21-8-6-15(7-9-21)20-18(23)14-4-3-5-14/h10,14-15,19H,3-9,11H2,1-2H3,(H,20,23). The molecule has 1 aliphatic heterocycles. The number of hydrogen-bond donors (Lipinski definition) is 2. The molecule has 5 heteroatoms. The van der Waals surface area contributed by atoms with Crippen LogP contribution in [0.1, 0.15) is 53.8 Å². The molecular formula is C18H27N3O2. The van der Waals surface area contributed by atoms with Crippen molar-refractivity contribution >= 4 is 11.7 Å². The fourth-order valence-electron chi connectivity index (χ4n) is 3.53. The zero-order chi connectivity index (χ0) is 16.4. The number of H-pyrrole nitrogens is 1. The largest absolute Gasteiger partial charge is 0.362 e. The van der Waals surface area contributed by atoms with E-state index < -0.39 is 0 Å². The van der Waals surface area contributed by atoms with Gasteiger partial charge in [-0.1, -0.05) is 6.42 Å². The van der Waals surface area contributed by atoms with Crippen LogP contribution in [-0.2, 0) is 4.79 Å². The second-order valence-electron chi connectivity index (χ2n) is 7.10. The first-order chi connectivity index (χ1) is 11.0. The molecular weight excluding hydrogens is 290 g/mol. The lowest BCUT2D eigenvalue weighted by molar-refractivity contribution is -0.128. The van der Waals surface area contributed by atoms with Gasteiger partial charge >= 0.3 is 0 Å². The fourth-order valence-corrected chi connectivity index (χ4v) is 3.53. The highest BCUT2D eigenvalue weighted by atomic mass is 16.2. The molecule has 126 valence electrons. The van der Waals surface area contributed by atoms with E-state index >= 15 is 0 Å². The Kier molecular flexibility index (Phi) is 4.85. The molecule has 2 heterocycles. The number of carbonyl (C=O) groups is 2. The number of Topliss-reactive ketones (excluding diaryl/α,β-unsaturated/α-hetero) is 1. The molecule has 2 aliphatic rings. The van der Waals surface area contributed by atoms with Gasteiger partial charge in [-0.2, -0.15) is 0 Å². The summed E-state index contributed by atoms with van der Waals surface area (Å²) in [5.41, 5.74) is 2.79. The van der Waals surface area contributed by atoms with Crippen LogP contribution >= 0.6 is 0 Å². The van der Waals surface area contributed by atoms with Gasteiger partial charge in [0.1, 0.15) is 0 Å². The van der Waals surface area contributed by atoms with E-state index in [0.29, 0.717) is 6.54 Å². The van der Waals surface area contributed by atoms with Crippen molar-refractivity contribution in [1.29, 1.82) is 0 Å². The third-order valence-corrected chi connectivity index (χ3v) is 5.23. The normalized spacial score (nSPS) is 20.3. The smallest absolute Gasteiger partial charge is 0.223 e. The molecule has 1 saturated carbocycles. The number of rotatable bonds is 5. The number of likely N-dealkylation sites (tertiary alicyclic amines) is 1. The molecule has 1 aromatic heterocycles. The van der Waals surface area contributed by atoms with Gasteiger partial charge in [0.05, 0.1) is 6.54 Å². The van der Waals surface area contributed by atoms with Crippen LogP contribution in [0.25, 0.3) is 0 Å². The van der Waals surface area contributed by atoms with Crippen LogP contribution in [0.3, 0.4) is 0 Å². The summed E-state index contributed by atoms with van der Waals surface area (Å²) in [6, 6.07) is 2.22. The maximum Gasteiger partial charge on any atom is 0.223 e. The average molecular weight is 317 g/mol. The second kappa shape index (κ2) is 6.87. The number of carbonyl (C=O) groups excluding carboxylic acids is 2. The van der Waals surface area contributed by atoms with Crippen molar-refractivity contribution in [2.24, 2.45) is 5.92 Å². The van der Waals surface area contributed by atoms with E-state index in [9.17, 15) is 9.59 Å². The molecule has 2 fully saturated rings. The SMILES string of the molecule is Cc1cc(C(=O)CN2CCC(NC(=O)C3CCC3)CC2)c(C)[nH]1. The summed E-state index contributed by atoms with van der Waals surface area (Å²) >= 11 is 0. The predicted molar refractivity (Wildman–Crippen MR) is 89.5 cm³/mol. The van der Waals surface area contributed by atoms with Gasteiger partial charge in [0, 0.05) is 42.0 Å². The lowest BCUT2D eigenvalue weighted by Crippen LogP contribution is -2.48. The Labute approximate surface area is 137 Å². The van der Waals surface area contributed by atoms with Gasteiger partial charge < -0.3 is 10.3 Å². The number of nitrogens with zero attached hydrogens (tertiary/aromatic N) is 1.